The first-order valence-electron chi connectivity index (χ1n) is 5.50. The van der Waals surface area contributed by atoms with E-state index in [0.29, 0.717) is 0 Å². The molecule has 0 aliphatic rings. The second kappa shape index (κ2) is 5.61. The minimum absolute atomic E-state index is 0.839. The lowest BCUT2D eigenvalue weighted by atomic mass is 9.75. The van der Waals surface area contributed by atoms with Crippen molar-refractivity contribution in [1.82, 2.24) is 0 Å². The van der Waals surface area contributed by atoms with Gasteiger partial charge >= 0.3 is 0 Å². The lowest BCUT2D eigenvalue weighted by Gasteiger charge is -2.30. The van der Waals surface area contributed by atoms with Crippen molar-refractivity contribution in [2.45, 2.75) is 54.4 Å². The van der Waals surface area contributed by atoms with Crippen molar-refractivity contribution >= 4 is 0 Å². The van der Waals surface area contributed by atoms with E-state index in [4.69, 9.17) is 0 Å². The summed E-state index contributed by atoms with van der Waals surface area (Å²) in [6, 6.07) is 0. The molecule has 0 radical (unpaired) electrons. The molecule has 1 unspecified atom stereocenters. The molecule has 0 aliphatic heterocycles. The molecule has 0 aromatic carbocycles. The van der Waals surface area contributed by atoms with Gasteiger partial charge in [-0.25, -0.2) is 0 Å². The van der Waals surface area contributed by atoms with E-state index in [1.165, 1.54) is 12.8 Å². The summed E-state index contributed by atoms with van der Waals surface area (Å²) >= 11 is 0. The van der Waals surface area contributed by atoms with Crippen LogP contribution in [0.4, 0.5) is 0 Å². The van der Waals surface area contributed by atoms with Crippen molar-refractivity contribution in [3.63, 3.8) is 0 Å². The van der Waals surface area contributed by atoms with Crippen LogP contribution in [0.5, 0.6) is 0 Å². The van der Waals surface area contributed by atoms with Gasteiger partial charge in [-0.15, -0.1) is 0 Å². The van der Waals surface area contributed by atoms with Gasteiger partial charge in [0.25, 0.3) is 0 Å². The van der Waals surface area contributed by atoms with Crippen molar-refractivity contribution in [3.05, 3.63) is 0 Å². The highest BCUT2D eigenvalue weighted by atomic mass is 14.3. The van der Waals surface area contributed by atoms with E-state index >= 15 is 0 Å². The van der Waals surface area contributed by atoms with Gasteiger partial charge in [0.15, 0.2) is 0 Å². The Morgan fingerprint density at radius 2 is 1.25 bits per heavy atom. The zero-order valence-electron chi connectivity index (χ0n) is 9.72. The maximum atomic E-state index is 2.41. The first-order chi connectivity index (χ1) is 5.50. The number of rotatable bonds is 5. The average molecular weight is 170 g/mol. The molecule has 0 heterocycles. The van der Waals surface area contributed by atoms with Crippen molar-refractivity contribution in [2.75, 3.05) is 0 Å². The molecule has 0 bridgehead atoms. The van der Waals surface area contributed by atoms with E-state index in [9.17, 15) is 0 Å². The van der Waals surface area contributed by atoms with Gasteiger partial charge in [-0.2, -0.15) is 0 Å². The maximum Gasteiger partial charge on any atom is -0.0342 e. The van der Waals surface area contributed by atoms with Crippen molar-refractivity contribution in [1.29, 1.82) is 0 Å². The lowest BCUT2D eigenvalue weighted by Crippen LogP contribution is -2.23. The number of hydrogen-bond acceptors (Lipinski definition) is 0. The maximum absolute atomic E-state index is 2.41. The van der Waals surface area contributed by atoms with Crippen LogP contribution in [0.1, 0.15) is 54.4 Å². The Morgan fingerprint density at radius 3 is 1.50 bits per heavy atom. The van der Waals surface area contributed by atoms with Crippen LogP contribution in [0.3, 0.4) is 0 Å². The highest BCUT2D eigenvalue weighted by molar-refractivity contribution is 4.72. The summed E-state index contributed by atoms with van der Waals surface area (Å²) in [5, 5.41) is 0. The molecule has 0 aromatic rings. The third kappa shape index (κ3) is 3.60. The Morgan fingerprint density at radius 1 is 0.833 bits per heavy atom. The predicted octanol–water partition coefficient (Wildman–Crippen LogP) is 4.35. The third-order valence-corrected chi connectivity index (χ3v) is 2.94. The molecule has 0 fully saturated rings. The minimum atomic E-state index is 0.839. The van der Waals surface area contributed by atoms with Gasteiger partial charge in [-0.1, -0.05) is 54.4 Å². The Bertz CT molecular complexity index is 94.6. The molecule has 0 N–H and O–H groups in total. The minimum Gasteiger partial charge on any atom is -0.0654 e. The molecular formula is C12H26. The molecule has 0 spiro atoms. The van der Waals surface area contributed by atoms with Gasteiger partial charge in [-0.3, -0.25) is 0 Å². The fourth-order valence-corrected chi connectivity index (χ4v) is 2.73. The van der Waals surface area contributed by atoms with E-state index in [1.54, 1.807) is 0 Å². The highest BCUT2D eigenvalue weighted by Crippen LogP contribution is 2.30. The fourth-order valence-electron chi connectivity index (χ4n) is 2.73. The Hall–Kier alpha value is 0. The van der Waals surface area contributed by atoms with Gasteiger partial charge in [0.1, 0.15) is 0 Å². The van der Waals surface area contributed by atoms with E-state index in [0.717, 1.165) is 23.7 Å². The summed E-state index contributed by atoms with van der Waals surface area (Å²) in [4.78, 5) is 0. The van der Waals surface area contributed by atoms with Crippen molar-refractivity contribution < 1.29 is 0 Å². The summed E-state index contributed by atoms with van der Waals surface area (Å²) in [5.74, 6) is 3.48. The quantitative estimate of drug-likeness (QED) is 0.575. The molecule has 0 amide bonds. The van der Waals surface area contributed by atoms with E-state index in [-0.39, 0.29) is 0 Å². The zero-order valence-corrected chi connectivity index (χ0v) is 9.72. The molecule has 74 valence electrons. The predicted molar refractivity (Wildman–Crippen MR) is 57.2 cm³/mol. The van der Waals surface area contributed by atoms with Crippen molar-refractivity contribution in [2.24, 2.45) is 23.7 Å². The molecule has 0 saturated carbocycles. The van der Waals surface area contributed by atoms with Crippen LogP contribution in [0, 0.1) is 23.7 Å². The lowest BCUT2D eigenvalue weighted by molar-refractivity contribution is 0.189. The van der Waals surface area contributed by atoms with Gasteiger partial charge in [0, 0.05) is 0 Å². The van der Waals surface area contributed by atoms with Crippen LogP contribution in [-0.4, -0.2) is 0 Å². The molecule has 0 rings (SSSR count). The SMILES string of the molecule is CCCC(C)C(C(C)C)C(C)C. The molecule has 1 atom stereocenters. The van der Waals surface area contributed by atoms with Crippen LogP contribution < -0.4 is 0 Å². The van der Waals surface area contributed by atoms with Gasteiger partial charge in [-0.05, 0) is 23.7 Å². The fraction of sp³-hybridized carbons (Fsp3) is 1.00. The topological polar surface area (TPSA) is 0 Å². The summed E-state index contributed by atoms with van der Waals surface area (Å²) in [7, 11) is 0. The largest absolute Gasteiger partial charge is 0.0654 e. The van der Waals surface area contributed by atoms with Gasteiger partial charge in [0.2, 0.25) is 0 Å². The first kappa shape index (κ1) is 12.0. The second-order valence-corrected chi connectivity index (χ2v) is 4.83. The van der Waals surface area contributed by atoms with Crippen LogP contribution in [0.25, 0.3) is 0 Å². The second-order valence-electron chi connectivity index (χ2n) is 4.83. The van der Waals surface area contributed by atoms with E-state index in [2.05, 4.69) is 41.5 Å². The molecule has 0 saturated heterocycles. The molecule has 0 nitrogen and oxygen atoms in total. The van der Waals surface area contributed by atoms with Crippen molar-refractivity contribution in [3.8, 4) is 0 Å². The van der Waals surface area contributed by atoms with E-state index < -0.39 is 0 Å². The van der Waals surface area contributed by atoms with Crippen LogP contribution in [0.2, 0.25) is 0 Å². The Labute approximate surface area is 78.8 Å². The molecule has 0 aromatic heterocycles. The third-order valence-electron chi connectivity index (χ3n) is 2.94. The zero-order chi connectivity index (χ0) is 9.72. The molecule has 0 heteroatoms. The Kier molecular flexibility index (Phi) is 5.61. The standard InChI is InChI=1S/C12H26/c1-7-8-11(6)12(9(2)3)10(4)5/h9-12H,7-8H2,1-6H3. The Balaban J connectivity index is 4.09. The summed E-state index contributed by atoms with van der Waals surface area (Å²) in [6.07, 6.45) is 2.72. The van der Waals surface area contributed by atoms with Gasteiger partial charge < -0.3 is 0 Å². The van der Waals surface area contributed by atoms with E-state index in [1.807, 2.05) is 0 Å². The van der Waals surface area contributed by atoms with Crippen LogP contribution >= 0.6 is 0 Å². The number of hydrogen-bond donors (Lipinski definition) is 0. The molecular weight excluding hydrogens is 144 g/mol. The van der Waals surface area contributed by atoms with Gasteiger partial charge in [0.05, 0.1) is 0 Å². The molecule has 0 aliphatic carbocycles. The normalized spacial score (nSPS) is 14.8. The summed E-state index contributed by atoms with van der Waals surface area (Å²) < 4.78 is 0. The summed E-state index contributed by atoms with van der Waals surface area (Å²) in [5.41, 5.74) is 0. The first-order valence-corrected chi connectivity index (χ1v) is 5.50. The molecule has 12 heavy (non-hydrogen) atoms. The summed E-state index contributed by atoms with van der Waals surface area (Å²) in [6.45, 7) is 14.1. The monoisotopic (exact) mass is 170 g/mol. The highest BCUT2D eigenvalue weighted by Gasteiger charge is 2.22. The average Bonchev–Trinajstić information content (AvgIpc) is 1.85. The smallest absolute Gasteiger partial charge is 0.0342 e. The van der Waals surface area contributed by atoms with Crippen LogP contribution in [0.15, 0.2) is 0 Å². The van der Waals surface area contributed by atoms with Crippen LogP contribution in [-0.2, 0) is 0 Å².